The van der Waals surface area contributed by atoms with Crippen LogP contribution in [0.3, 0.4) is 0 Å². The van der Waals surface area contributed by atoms with Gasteiger partial charge in [0.05, 0.1) is 11.5 Å². The molecule has 0 saturated carbocycles. The number of nitrogens with one attached hydrogen (secondary N) is 1. The third-order valence-corrected chi connectivity index (χ3v) is 3.74. The van der Waals surface area contributed by atoms with E-state index < -0.39 is 5.41 Å². The Hall–Kier alpha value is -2.05. The summed E-state index contributed by atoms with van der Waals surface area (Å²) >= 11 is 5.98. The van der Waals surface area contributed by atoms with E-state index in [1.807, 2.05) is 38.1 Å². The maximum atomic E-state index is 13.0. The van der Waals surface area contributed by atoms with Gasteiger partial charge < -0.3 is 5.32 Å². The fourth-order valence-corrected chi connectivity index (χ4v) is 2.17. The molecular weight excluding hydrogens is 287 g/mol. The van der Waals surface area contributed by atoms with Crippen LogP contribution in [0, 0.1) is 17.1 Å². The first-order chi connectivity index (χ1) is 9.92. The monoisotopic (exact) mass is 302 g/mol. The van der Waals surface area contributed by atoms with Crippen LogP contribution in [0.1, 0.15) is 25.0 Å². The van der Waals surface area contributed by atoms with E-state index in [1.54, 1.807) is 6.07 Å². The predicted octanol–water partition coefficient (Wildman–Crippen LogP) is 4.89. The molecule has 2 nitrogen and oxygen atoms in total. The topological polar surface area (TPSA) is 35.8 Å². The Bertz CT molecular complexity index is 672. The first kappa shape index (κ1) is 15.3. The highest BCUT2D eigenvalue weighted by molar-refractivity contribution is 6.31. The highest BCUT2D eigenvalue weighted by atomic mass is 35.5. The minimum absolute atomic E-state index is 0.341. The van der Waals surface area contributed by atoms with Crippen LogP contribution in [-0.4, -0.2) is 0 Å². The highest BCUT2D eigenvalue weighted by Crippen LogP contribution is 2.24. The Labute approximate surface area is 129 Å². The molecule has 0 heterocycles. The van der Waals surface area contributed by atoms with Crippen molar-refractivity contribution in [1.29, 1.82) is 5.26 Å². The Morgan fingerprint density at radius 1 is 1.19 bits per heavy atom. The van der Waals surface area contributed by atoms with Crippen LogP contribution in [0.4, 0.5) is 10.1 Å². The number of anilines is 1. The maximum Gasteiger partial charge on any atom is 0.124 e. The Morgan fingerprint density at radius 2 is 1.86 bits per heavy atom. The smallest absolute Gasteiger partial charge is 0.124 e. The van der Waals surface area contributed by atoms with Crippen LogP contribution in [-0.2, 0) is 12.0 Å². The summed E-state index contributed by atoms with van der Waals surface area (Å²) in [5.74, 6) is -0.341. The number of hydrogen-bond acceptors (Lipinski definition) is 2. The summed E-state index contributed by atoms with van der Waals surface area (Å²) in [6.45, 7) is 4.28. The van der Waals surface area contributed by atoms with E-state index in [1.165, 1.54) is 12.1 Å². The van der Waals surface area contributed by atoms with Crippen molar-refractivity contribution >= 4 is 17.3 Å². The molecule has 21 heavy (non-hydrogen) atoms. The number of halogens is 2. The molecule has 2 aromatic rings. The van der Waals surface area contributed by atoms with Crippen LogP contribution in [0.25, 0.3) is 0 Å². The molecule has 2 aromatic carbocycles. The summed E-state index contributed by atoms with van der Waals surface area (Å²) in [4.78, 5) is 0. The van der Waals surface area contributed by atoms with E-state index in [2.05, 4.69) is 11.4 Å². The molecule has 0 spiro atoms. The standard InChI is InChI=1S/C17H16ClFN2/c1-17(2,11-20)13-4-7-15(8-5-13)21-10-12-3-6-14(19)9-16(12)18/h3-9,21H,10H2,1-2H3. The largest absolute Gasteiger partial charge is 0.381 e. The second kappa shape index (κ2) is 6.15. The van der Waals surface area contributed by atoms with Gasteiger partial charge in [-0.2, -0.15) is 5.26 Å². The number of benzene rings is 2. The quantitative estimate of drug-likeness (QED) is 0.872. The zero-order valence-corrected chi connectivity index (χ0v) is 12.7. The molecule has 0 bridgehead atoms. The van der Waals surface area contributed by atoms with Gasteiger partial charge in [-0.05, 0) is 49.2 Å². The second-order valence-corrected chi connectivity index (χ2v) is 5.81. The lowest BCUT2D eigenvalue weighted by molar-refractivity contribution is 0.627. The zero-order chi connectivity index (χ0) is 15.5. The van der Waals surface area contributed by atoms with Crippen molar-refractivity contribution in [3.8, 4) is 6.07 Å². The number of rotatable bonds is 4. The van der Waals surface area contributed by atoms with Gasteiger partial charge in [-0.15, -0.1) is 0 Å². The van der Waals surface area contributed by atoms with Crippen molar-refractivity contribution < 1.29 is 4.39 Å². The van der Waals surface area contributed by atoms with Crippen LogP contribution < -0.4 is 5.32 Å². The first-order valence-corrected chi connectivity index (χ1v) is 7.00. The Balaban J connectivity index is 2.06. The Kier molecular flexibility index (Phi) is 4.50. The summed E-state index contributed by atoms with van der Waals surface area (Å²) in [7, 11) is 0. The average Bonchev–Trinajstić information content (AvgIpc) is 2.47. The van der Waals surface area contributed by atoms with E-state index >= 15 is 0 Å². The van der Waals surface area contributed by atoms with Crippen molar-refractivity contribution in [3.63, 3.8) is 0 Å². The van der Waals surface area contributed by atoms with Crippen molar-refractivity contribution in [3.05, 3.63) is 64.4 Å². The van der Waals surface area contributed by atoms with Gasteiger partial charge in [-0.3, -0.25) is 0 Å². The summed E-state index contributed by atoms with van der Waals surface area (Å²) in [5.41, 5.74) is 2.22. The molecule has 0 aliphatic heterocycles. The predicted molar refractivity (Wildman–Crippen MR) is 83.8 cm³/mol. The van der Waals surface area contributed by atoms with Crippen molar-refractivity contribution in [2.45, 2.75) is 25.8 Å². The molecule has 0 amide bonds. The fraction of sp³-hybridized carbons (Fsp3) is 0.235. The molecule has 0 fully saturated rings. The van der Waals surface area contributed by atoms with E-state index in [-0.39, 0.29) is 5.82 Å². The van der Waals surface area contributed by atoms with E-state index in [9.17, 15) is 4.39 Å². The summed E-state index contributed by atoms with van der Waals surface area (Å²) < 4.78 is 13.0. The van der Waals surface area contributed by atoms with E-state index in [4.69, 9.17) is 16.9 Å². The number of nitriles is 1. The molecule has 0 aliphatic rings. The highest BCUT2D eigenvalue weighted by Gasteiger charge is 2.18. The fourth-order valence-electron chi connectivity index (χ4n) is 1.93. The van der Waals surface area contributed by atoms with Gasteiger partial charge in [0.2, 0.25) is 0 Å². The van der Waals surface area contributed by atoms with Gasteiger partial charge in [0.15, 0.2) is 0 Å². The molecule has 0 atom stereocenters. The molecule has 0 aromatic heterocycles. The first-order valence-electron chi connectivity index (χ1n) is 6.62. The van der Waals surface area contributed by atoms with Gasteiger partial charge in [0, 0.05) is 17.3 Å². The van der Waals surface area contributed by atoms with Gasteiger partial charge in [-0.25, -0.2) is 4.39 Å². The van der Waals surface area contributed by atoms with Gasteiger partial charge in [-0.1, -0.05) is 29.8 Å². The third kappa shape index (κ3) is 3.74. The third-order valence-electron chi connectivity index (χ3n) is 3.38. The maximum absolute atomic E-state index is 13.0. The zero-order valence-electron chi connectivity index (χ0n) is 12.0. The SMILES string of the molecule is CC(C)(C#N)c1ccc(NCc2ccc(F)cc2Cl)cc1. The molecule has 0 aliphatic carbocycles. The molecule has 0 saturated heterocycles. The van der Waals surface area contributed by atoms with Gasteiger partial charge in [0.1, 0.15) is 5.82 Å². The molecular formula is C17H16ClFN2. The van der Waals surface area contributed by atoms with Gasteiger partial charge >= 0.3 is 0 Å². The normalized spacial score (nSPS) is 11.0. The van der Waals surface area contributed by atoms with E-state index in [0.717, 1.165) is 16.8 Å². The van der Waals surface area contributed by atoms with Crippen molar-refractivity contribution in [2.24, 2.45) is 0 Å². The van der Waals surface area contributed by atoms with Crippen molar-refractivity contribution in [2.75, 3.05) is 5.32 Å². The van der Waals surface area contributed by atoms with Crippen LogP contribution in [0.15, 0.2) is 42.5 Å². The number of hydrogen-bond donors (Lipinski definition) is 1. The Morgan fingerprint density at radius 3 is 2.43 bits per heavy atom. The lowest BCUT2D eigenvalue weighted by atomic mass is 9.86. The molecule has 108 valence electrons. The second-order valence-electron chi connectivity index (χ2n) is 5.40. The summed E-state index contributed by atoms with van der Waals surface area (Å²) in [6, 6.07) is 14.3. The summed E-state index contributed by atoms with van der Waals surface area (Å²) in [6.07, 6.45) is 0. The number of nitrogens with zero attached hydrogens (tertiary/aromatic N) is 1. The molecule has 2 rings (SSSR count). The van der Waals surface area contributed by atoms with E-state index in [0.29, 0.717) is 11.6 Å². The molecule has 0 radical (unpaired) electrons. The molecule has 0 unspecified atom stereocenters. The minimum atomic E-state index is -0.501. The molecule has 1 N–H and O–H groups in total. The van der Waals surface area contributed by atoms with Crippen LogP contribution in [0.5, 0.6) is 0 Å². The van der Waals surface area contributed by atoms with Crippen LogP contribution >= 0.6 is 11.6 Å². The lowest BCUT2D eigenvalue weighted by Crippen LogP contribution is -2.13. The van der Waals surface area contributed by atoms with Gasteiger partial charge in [0.25, 0.3) is 0 Å². The lowest BCUT2D eigenvalue weighted by Gasteiger charge is -2.16. The minimum Gasteiger partial charge on any atom is -0.381 e. The van der Waals surface area contributed by atoms with Crippen molar-refractivity contribution in [1.82, 2.24) is 0 Å². The van der Waals surface area contributed by atoms with Crippen LogP contribution in [0.2, 0.25) is 5.02 Å². The molecule has 4 heteroatoms. The summed E-state index contributed by atoms with van der Waals surface area (Å²) in [5, 5.41) is 12.7. The average molecular weight is 303 g/mol.